The maximum absolute atomic E-state index is 14.6. The molecule has 55 heavy (non-hydrogen) atoms. The number of carbonyl (C=O) groups is 3. The average molecular weight is 728 g/mol. The number of esters is 1. The predicted molar refractivity (Wildman–Crippen MR) is 210 cm³/mol. The summed E-state index contributed by atoms with van der Waals surface area (Å²) in [6.45, 7) is 4.03. The molecular weight excluding hydrogens is 687 g/mol. The van der Waals surface area contributed by atoms with Crippen molar-refractivity contribution in [1.82, 2.24) is 14.9 Å². The highest BCUT2D eigenvalue weighted by molar-refractivity contribution is 6.08. The standard InChI is InChI=1S/C47H41N3O5/c1-30(2)32-22-19-31(20-23-32)21-24-39(51)55-28-27-50-45(52)42-35-29-36(47(54,34-15-7-4-8-16-34)38-18-10-12-26-49-38)43(44(42)46(50)53)41(35)40(33-13-5-3-6-14-33)37-17-9-11-25-48-37/h3-26,29-30,35,42-44,54H,27-28H2,1-2H3. The Bertz CT molecular complexity index is 2220. The highest BCUT2D eigenvalue weighted by Gasteiger charge is 2.66. The van der Waals surface area contributed by atoms with E-state index in [0.29, 0.717) is 28.4 Å². The first kappa shape index (κ1) is 35.8. The summed E-state index contributed by atoms with van der Waals surface area (Å²) in [4.78, 5) is 52.3. The van der Waals surface area contributed by atoms with Crippen LogP contribution in [0.5, 0.6) is 0 Å². The van der Waals surface area contributed by atoms with Crippen molar-refractivity contribution in [3.63, 3.8) is 0 Å². The summed E-state index contributed by atoms with van der Waals surface area (Å²) in [5, 5.41) is 13.1. The number of aromatic nitrogens is 2. The lowest BCUT2D eigenvalue weighted by Crippen LogP contribution is -2.39. The molecule has 1 N–H and O–H groups in total. The third-order valence-corrected chi connectivity index (χ3v) is 11.1. The van der Waals surface area contributed by atoms with Gasteiger partial charge in [0.15, 0.2) is 5.60 Å². The Balaban J connectivity index is 1.15. The molecule has 5 atom stereocenters. The monoisotopic (exact) mass is 727 g/mol. The van der Waals surface area contributed by atoms with Crippen LogP contribution in [-0.4, -0.2) is 50.9 Å². The number of nitrogens with zero attached hydrogens (tertiary/aromatic N) is 3. The number of ether oxygens (including phenoxy) is 1. The number of carbonyl (C=O) groups excluding carboxylic acids is 3. The summed E-state index contributed by atoms with van der Waals surface area (Å²) in [5.41, 5.74) is 5.30. The Hall–Kier alpha value is -6.25. The fraction of sp³-hybridized carbons (Fsp3) is 0.213. The van der Waals surface area contributed by atoms with Gasteiger partial charge in [0.1, 0.15) is 6.61 Å². The van der Waals surface area contributed by atoms with Gasteiger partial charge in [-0.25, -0.2) is 4.79 Å². The third-order valence-electron chi connectivity index (χ3n) is 11.1. The molecule has 3 aliphatic rings. The number of imide groups is 1. The smallest absolute Gasteiger partial charge is 0.330 e. The predicted octanol–water partition coefficient (Wildman–Crippen LogP) is 7.38. The van der Waals surface area contributed by atoms with Gasteiger partial charge in [-0.15, -0.1) is 0 Å². The Morgan fingerprint density at radius 2 is 1.47 bits per heavy atom. The van der Waals surface area contributed by atoms with Crippen molar-refractivity contribution in [3.05, 3.63) is 191 Å². The van der Waals surface area contributed by atoms with Crippen LogP contribution in [0.2, 0.25) is 0 Å². The average Bonchev–Trinajstić information content (AvgIpc) is 3.84. The van der Waals surface area contributed by atoms with Crippen LogP contribution in [0.1, 0.15) is 53.4 Å². The fourth-order valence-corrected chi connectivity index (χ4v) is 8.57. The second-order valence-corrected chi connectivity index (χ2v) is 14.5. The van der Waals surface area contributed by atoms with E-state index in [1.54, 1.807) is 30.6 Å². The zero-order valence-electron chi connectivity index (χ0n) is 30.7. The molecule has 0 spiro atoms. The van der Waals surface area contributed by atoms with E-state index in [-0.39, 0.29) is 25.0 Å². The molecule has 5 aromatic rings. The maximum atomic E-state index is 14.6. The van der Waals surface area contributed by atoms with E-state index in [1.165, 1.54) is 16.5 Å². The van der Waals surface area contributed by atoms with Gasteiger partial charge >= 0.3 is 5.97 Å². The van der Waals surface area contributed by atoms with Crippen molar-refractivity contribution in [2.75, 3.05) is 13.2 Å². The zero-order chi connectivity index (χ0) is 38.1. The minimum atomic E-state index is -1.71. The Kier molecular flexibility index (Phi) is 9.67. The van der Waals surface area contributed by atoms with Crippen LogP contribution in [0.25, 0.3) is 11.6 Å². The van der Waals surface area contributed by atoms with E-state index in [2.05, 4.69) is 18.8 Å². The van der Waals surface area contributed by atoms with Crippen molar-refractivity contribution >= 4 is 29.4 Å². The number of hydrogen-bond donors (Lipinski definition) is 1. The van der Waals surface area contributed by atoms with E-state index < -0.39 is 35.2 Å². The van der Waals surface area contributed by atoms with Crippen LogP contribution >= 0.6 is 0 Å². The molecule has 8 heteroatoms. The van der Waals surface area contributed by atoms with Gasteiger partial charge < -0.3 is 9.84 Å². The second-order valence-electron chi connectivity index (χ2n) is 14.5. The lowest BCUT2D eigenvalue weighted by Gasteiger charge is -2.36. The number of rotatable bonds is 11. The van der Waals surface area contributed by atoms with Crippen molar-refractivity contribution < 1.29 is 24.2 Å². The minimum Gasteiger partial charge on any atom is -0.461 e. The molecule has 8 rings (SSSR count). The molecule has 8 nitrogen and oxygen atoms in total. The van der Waals surface area contributed by atoms with Crippen molar-refractivity contribution in [2.24, 2.45) is 23.7 Å². The third kappa shape index (κ3) is 6.42. The van der Waals surface area contributed by atoms with Crippen LogP contribution in [0.4, 0.5) is 0 Å². The molecule has 2 bridgehead atoms. The van der Waals surface area contributed by atoms with E-state index in [1.807, 2.05) is 115 Å². The van der Waals surface area contributed by atoms with Crippen molar-refractivity contribution in [3.8, 4) is 0 Å². The van der Waals surface area contributed by atoms with Gasteiger partial charge in [0.2, 0.25) is 11.8 Å². The molecule has 2 aliphatic carbocycles. The highest BCUT2D eigenvalue weighted by atomic mass is 16.5. The van der Waals surface area contributed by atoms with Crippen LogP contribution in [-0.2, 0) is 24.7 Å². The molecule has 2 fully saturated rings. The summed E-state index contributed by atoms with van der Waals surface area (Å²) in [7, 11) is 0. The van der Waals surface area contributed by atoms with Gasteiger partial charge in [-0.3, -0.25) is 24.5 Å². The minimum absolute atomic E-state index is 0.0733. The van der Waals surface area contributed by atoms with Crippen molar-refractivity contribution in [1.29, 1.82) is 0 Å². The van der Waals surface area contributed by atoms with E-state index in [9.17, 15) is 19.5 Å². The molecule has 274 valence electrons. The fourth-order valence-electron chi connectivity index (χ4n) is 8.57. The van der Waals surface area contributed by atoms with Crippen LogP contribution < -0.4 is 0 Å². The number of pyridine rings is 2. The summed E-state index contributed by atoms with van der Waals surface area (Å²) in [5.74, 6) is -3.50. The van der Waals surface area contributed by atoms with Gasteiger partial charge in [0, 0.05) is 35.9 Å². The molecule has 1 saturated carbocycles. The van der Waals surface area contributed by atoms with E-state index >= 15 is 0 Å². The Morgan fingerprint density at radius 3 is 2.13 bits per heavy atom. The molecule has 5 unspecified atom stereocenters. The normalized spacial score (nSPS) is 22.2. The Labute approximate surface area is 320 Å². The zero-order valence-corrected chi connectivity index (χ0v) is 30.7. The van der Waals surface area contributed by atoms with E-state index in [0.717, 1.165) is 22.3 Å². The molecule has 2 amide bonds. The number of fused-ring (bicyclic) bond motifs is 5. The maximum Gasteiger partial charge on any atom is 0.330 e. The van der Waals surface area contributed by atoms with Gasteiger partial charge in [-0.2, -0.15) is 0 Å². The van der Waals surface area contributed by atoms with Crippen molar-refractivity contribution in [2.45, 2.75) is 25.4 Å². The van der Waals surface area contributed by atoms with Gasteiger partial charge in [0.25, 0.3) is 0 Å². The summed E-state index contributed by atoms with van der Waals surface area (Å²) in [6.07, 6.45) is 8.40. The number of allylic oxidation sites excluding steroid dienone is 2. The SMILES string of the molecule is CC(C)c1ccc(C=CC(=O)OCCN2C(=O)C3C4C=C(C(O)(c5ccccc5)c5ccccn5)C(C4=C(c4ccccc4)c4ccccn4)C3C2=O)cc1. The van der Waals surface area contributed by atoms with Crippen LogP contribution in [0, 0.1) is 23.7 Å². The first-order valence-corrected chi connectivity index (χ1v) is 18.7. The molecule has 2 aromatic heterocycles. The number of aliphatic hydroxyl groups is 1. The molecule has 1 saturated heterocycles. The van der Waals surface area contributed by atoms with Gasteiger partial charge in [0.05, 0.1) is 29.8 Å². The first-order valence-electron chi connectivity index (χ1n) is 18.7. The van der Waals surface area contributed by atoms with Crippen LogP contribution in [0.15, 0.2) is 157 Å². The number of amides is 2. The number of likely N-dealkylation sites (tertiary alicyclic amines) is 1. The number of benzene rings is 3. The molecule has 0 radical (unpaired) electrons. The quantitative estimate of drug-likeness (QED) is 0.0655. The molecule has 3 aromatic carbocycles. The Morgan fingerprint density at radius 1 is 0.818 bits per heavy atom. The lowest BCUT2D eigenvalue weighted by atomic mass is 9.71. The molecule has 3 heterocycles. The second kappa shape index (κ2) is 14.9. The highest BCUT2D eigenvalue weighted by Crippen LogP contribution is 2.64. The largest absolute Gasteiger partial charge is 0.461 e. The van der Waals surface area contributed by atoms with Gasteiger partial charge in [-0.1, -0.05) is 117 Å². The summed E-state index contributed by atoms with van der Waals surface area (Å²) in [6, 6.07) is 38.3. The summed E-state index contributed by atoms with van der Waals surface area (Å²) < 4.78 is 5.49. The molecular formula is C47H41N3O5. The topological polar surface area (TPSA) is 110 Å². The summed E-state index contributed by atoms with van der Waals surface area (Å²) >= 11 is 0. The van der Waals surface area contributed by atoms with Crippen LogP contribution in [0.3, 0.4) is 0 Å². The first-order chi connectivity index (χ1) is 26.8. The van der Waals surface area contributed by atoms with Gasteiger partial charge in [-0.05, 0) is 69.7 Å². The number of hydrogen-bond acceptors (Lipinski definition) is 7. The van der Waals surface area contributed by atoms with E-state index in [4.69, 9.17) is 9.72 Å². The molecule has 1 aliphatic heterocycles. The lowest BCUT2D eigenvalue weighted by molar-refractivity contribution is -0.145.